The number of nitrogens with zero attached hydrogens (tertiary/aromatic N) is 4. The van der Waals surface area contributed by atoms with Gasteiger partial charge >= 0.3 is 5.69 Å². The summed E-state index contributed by atoms with van der Waals surface area (Å²) in [7, 11) is 1.72. The van der Waals surface area contributed by atoms with Gasteiger partial charge in [0.1, 0.15) is 5.52 Å². The van der Waals surface area contributed by atoms with Crippen molar-refractivity contribution in [2.75, 3.05) is 18.5 Å². The number of amides is 1. The highest BCUT2D eigenvalue weighted by Crippen LogP contribution is 2.22. The predicted octanol–water partition coefficient (Wildman–Crippen LogP) is 1.32. The number of hydrogen-bond donors (Lipinski definition) is 2. The van der Waals surface area contributed by atoms with Crippen LogP contribution in [0.5, 0.6) is 0 Å². The van der Waals surface area contributed by atoms with Crippen LogP contribution < -0.4 is 16.7 Å². The first-order valence-corrected chi connectivity index (χ1v) is 9.11. The lowest BCUT2D eigenvalue weighted by atomic mass is 10.1. The fourth-order valence-corrected chi connectivity index (χ4v) is 3.46. The summed E-state index contributed by atoms with van der Waals surface area (Å²) in [4.78, 5) is 32.9. The van der Waals surface area contributed by atoms with Crippen LogP contribution in [0.25, 0.3) is 11.2 Å². The fraction of sp³-hybridized carbons (Fsp3) is 0.368. The van der Waals surface area contributed by atoms with E-state index in [1.54, 1.807) is 40.6 Å². The molecule has 4 rings (SSSR count). The summed E-state index contributed by atoms with van der Waals surface area (Å²) in [5.41, 5.74) is 8.51. The van der Waals surface area contributed by atoms with Gasteiger partial charge in [-0.1, -0.05) is 0 Å². The topological polar surface area (TPSA) is 117 Å². The van der Waals surface area contributed by atoms with Crippen molar-refractivity contribution in [2.45, 2.75) is 19.9 Å². The number of anilines is 2. The Morgan fingerprint density at radius 1 is 1.43 bits per heavy atom. The Morgan fingerprint density at radius 2 is 2.25 bits per heavy atom. The molecule has 3 heterocycles. The molecular formula is C19H22N6O3. The summed E-state index contributed by atoms with van der Waals surface area (Å²) >= 11 is 0. The van der Waals surface area contributed by atoms with Gasteiger partial charge in [-0.2, -0.15) is 4.98 Å². The maximum Gasteiger partial charge on any atom is 0.330 e. The molecule has 3 aromatic rings. The van der Waals surface area contributed by atoms with Crippen molar-refractivity contribution < 1.29 is 9.53 Å². The average molecular weight is 382 g/mol. The first kappa shape index (κ1) is 18.2. The van der Waals surface area contributed by atoms with E-state index in [9.17, 15) is 9.59 Å². The van der Waals surface area contributed by atoms with Crippen molar-refractivity contribution in [2.24, 2.45) is 18.7 Å². The molecule has 9 nitrogen and oxygen atoms in total. The molecule has 1 aliphatic heterocycles. The molecule has 2 aromatic heterocycles. The number of carbonyl (C=O) groups excluding carboxylic acids is 1. The molecular weight excluding hydrogens is 360 g/mol. The van der Waals surface area contributed by atoms with E-state index in [2.05, 4.69) is 15.3 Å². The summed E-state index contributed by atoms with van der Waals surface area (Å²) in [5.74, 6) is 0.208. The number of nitrogens with one attached hydrogen (secondary N) is 1. The van der Waals surface area contributed by atoms with Gasteiger partial charge in [-0.15, -0.1) is 0 Å². The molecule has 1 saturated heterocycles. The fourth-order valence-electron chi connectivity index (χ4n) is 3.46. The van der Waals surface area contributed by atoms with Crippen molar-refractivity contribution in [3.8, 4) is 0 Å². The van der Waals surface area contributed by atoms with E-state index in [1.807, 2.05) is 6.92 Å². The quantitative estimate of drug-likeness (QED) is 0.687. The van der Waals surface area contributed by atoms with Crippen molar-refractivity contribution in [1.29, 1.82) is 0 Å². The minimum absolute atomic E-state index is 0.115. The number of primary amides is 1. The maximum atomic E-state index is 12.7. The molecule has 0 radical (unpaired) electrons. The number of benzene rings is 1. The van der Waals surface area contributed by atoms with Gasteiger partial charge < -0.3 is 15.8 Å². The first-order valence-electron chi connectivity index (χ1n) is 9.11. The number of fused-ring (bicyclic) bond motifs is 1. The molecule has 0 aliphatic carbocycles. The lowest BCUT2D eigenvalue weighted by Gasteiger charge is -2.10. The molecule has 0 spiro atoms. The van der Waals surface area contributed by atoms with Crippen LogP contribution in [-0.4, -0.2) is 38.2 Å². The van der Waals surface area contributed by atoms with Gasteiger partial charge in [0.25, 0.3) is 0 Å². The largest absolute Gasteiger partial charge is 0.381 e. The second-order valence-electron chi connectivity index (χ2n) is 7.10. The molecule has 1 aromatic carbocycles. The Balaban J connectivity index is 1.69. The number of rotatable bonds is 5. The molecule has 0 unspecified atom stereocenters. The lowest BCUT2D eigenvalue weighted by Crippen LogP contribution is -2.25. The van der Waals surface area contributed by atoms with Gasteiger partial charge in [-0.05, 0) is 37.1 Å². The van der Waals surface area contributed by atoms with Crippen LogP contribution in [0.1, 0.15) is 22.3 Å². The zero-order valence-corrected chi connectivity index (χ0v) is 15.8. The van der Waals surface area contributed by atoms with Gasteiger partial charge in [-0.25, -0.2) is 9.78 Å². The lowest BCUT2D eigenvalue weighted by molar-refractivity contribution is 0.1000. The Labute approximate surface area is 161 Å². The van der Waals surface area contributed by atoms with E-state index in [1.165, 1.54) is 0 Å². The third-order valence-corrected chi connectivity index (χ3v) is 5.11. The first-order chi connectivity index (χ1) is 13.4. The van der Waals surface area contributed by atoms with E-state index in [0.717, 1.165) is 24.3 Å². The van der Waals surface area contributed by atoms with Crippen molar-refractivity contribution in [1.82, 2.24) is 19.1 Å². The van der Waals surface area contributed by atoms with Crippen LogP contribution in [0.15, 0.2) is 29.2 Å². The van der Waals surface area contributed by atoms with E-state index in [4.69, 9.17) is 10.5 Å². The van der Waals surface area contributed by atoms with E-state index in [-0.39, 0.29) is 5.69 Å². The third-order valence-electron chi connectivity index (χ3n) is 5.11. The van der Waals surface area contributed by atoms with Crippen LogP contribution >= 0.6 is 0 Å². The number of aromatic nitrogens is 4. The maximum absolute atomic E-state index is 12.7. The molecule has 0 bridgehead atoms. The highest BCUT2D eigenvalue weighted by molar-refractivity contribution is 5.93. The van der Waals surface area contributed by atoms with Gasteiger partial charge in [0, 0.05) is 37.4 Å². The van der Waals surface area contributed by atoms with E-state index >= 15 is 0 Å². The minimum atomic E-state index is -0.475. The van der Waals surface area contributed by atoms with E-state index < -0.39 is 5.91 Å². The zero-order chi connectivity index (χ0) is 19.8. The van der Waals surface area contributed by atoms with Gasteiger partial charge in [0.2, 0.25) is 11.9 Å². The number of hydrogen-bond acceptors (Lipinski definition) is 6. The van der Waals surface area contributed by atoms with E-state index in [0.29, 0.717) is 41.7 Å². The molecule has 1 amide bonds. The van der Waals surface area contributed by atoms with Crippen molar-refractivity contribution in [3.63, 3.8) is 0 Å². The van der Waals surface area contributed by atoms with Crippen molar-refractivity contribution in [3.05, 3.63) is 46.0 Å². The Kier molecular flexibility index (Phi) is 4.60. The standard InChI is InChI=1S/C19H22N6O3/c1-11-7-13(16(20)26)3-4-14(11)22-18-21-8-15-17(23-18)25(19(27)24(15)2)9-12-5-6-28-10-12/h3-4,7-8,12H,5-6,9-10H2,1-2H3,(H2,20,26)(H,21,22,23)/t12-/m0/s1. The molecule has 1 fully saturated rings. The van der Waals surface area contributed by atoms with Gasteiger partial charge in [-0.3, -0.25) is 13.9 Å². The van der Waals surface area contributed by atoms with Crippen LogP contribution in [0.3, 0.4) is 0 Å². The second kappa shape index (κ2) is 7.08. The molecule has 146 valence electrons. The smallest absolute Gasteiger partial charge is 0.330 e. The van der Waals surface area contributed by atoms with Crippen LogP contribution in [0.4, 0.5) is 11.6 Å². The Bertz CT molecular complexity index is 1110. The molecule has 9 heteroatoms. The summed E-state index contributed by atoms with van der Waals surface area (Å²) in [6.07, 6.45) is 2.57. The van der Waals surface area contributed by atoms with Gasteiger partial charge in [0.15, 0.2) is 5.65 Å². The van der Waals surface area contributed by atoms with Crippen molar-refractivity contribution >= 4 is 28.7 Å². The van der Waals surface area contributed by atoms with Gasteiger partial charge in [0.05, 0.1) is 12.8 Å². The molecule has 28 heavy (non-hydrogen) atoms. The molecule has 1 atom stereocenters. The monoisotopic (exact) mass is 382 g/mol. The number of imidazole rings is 1. The highest BCUT2D eigenvalue weighted by Gasteiger charge is 2.21. The second-order valence-corrected chi connectivity index (χ2v) is 7.10. The number of ether oxygens (including phenoxy) is 1. The molecule has 1 aliphatic rings. The summed E-state index contributed by atoms with van der Waals surface area (Å²) in [6, 6.07) is 5.12. The summed E-state index contributed by atoms with van der Waals surface area (Å²) < 4.78 is 8.67. The zero-order valence-electron chi connectivity index (χ0n) is 15.8. The number of carbonyl (C=O) groups is 1. The summed E-state index contributed by atoms with van der Waals surface area (Å²) in [5, 5.41) is 3.16. The predicted molar refractivity (Wildman–Crippen MR) is 105 cm³/mol. The highest BCUT2D eigenvalue weighted by atomic mass is 16.5. The Hall–Kier alpha value is -3.20. The average Bonchev–Trinajstić information content (AvgIpc) is 3.26. The minimum Gasteiger partial charge on any atom is -0.381 e. The summed E-state index contributed by atoms with van der Waals surface area (Å²) in [6.45, 7) is 3.82. The van der Waals surface area contributed by atoms with Crippen LogP contribution in [-0.2, 0) is 18.3 Å². The normalized spacial score (nSPS) is 16.6. The van der Waals surface area contributed by atoms with Crippen LogP contribution in [0.2, 0.25) is 0 Å². The SMILES string of the molecule is Cc1cc(C(N)=O)ccc1Nc1ncc2c(n1)n(C[C@@H]1CCOC1)c(=O)n2C. The molecule has 3 N–H and O–H groups in total. The third kappa shape index (κ3) is 3.24. The van der Waals surface area contributed by atoms with Crippen LogP contribution in [0, 0.1) is 12.8 Å². The Morgan fingerprint density at radius 3 is 2.93 bits per heavy atom. The number of aryl methyl sites for hydroxylation is 2. The molecule has 0 saturated carbocycles. The number of nitrogens with two attached hydrogens (primary N) is 1.